The van der Waals surface area contributed by atoms with Gasteiger partial charge in [-0.3, -0.25) is 0 Å². The third-order valence-corrected chi connectivity index (χ3v) is 2.15. The number of aromatic nitrogens is 2. The molecule has 0 aliphatic rings. The van der Waals surface area contributed by atoms with Gasteiger partial charge in [0.2, 0.25) is 0 Å². The number of hydrogen-bond donors (Lipinski definition) is 1. The van der Waals surface area contributed by atoms with Gasteiger partial charge in [-0.25, -0.2) is 9.97 Å². The van der Waals surface area contributed by atoms with Crippen LogP contribution in [-0.4, -0.2) is 16.5 Å². The van der Waals surface area contributed by atoms with E-state index in [2.05, 4.69) is 29.1 Å². The first kappa shape index (κ1) is 10.5. The molecule has 0 aromatic carbocycles. The van der Waals surface area contributed by atoms with Crippen LogP contribution in [0.4, 0.5) is 5.82 Å². The third kappa shape index (κ3) is 2.70. The second-order valence-corrected chi connectivity index (χ2v) is 3.15. The smallest absolute Gasteiger partial charge is 0.130 e. The largest absolute Gasteiger partial charge is 0.357 e. The van der Waals surface area contributed by atoms with Crippen molar-refractivity contribution in [2.75, 3.05) is 11.9 Å². The van der Waals surface area contributed by atoms with Crippen molar-refractivity contribution in [3.8, 4) is 6.07 Å². The van der Waals surface area contributed by atoms with Crippen LogP contribution in [0.2, 0.25) is 0 Å². The summed E-state index contributed by atoms with van der Waals surface area (Å²) >= 11 is 0. The van der Waals surface area contributed by atoms with Crippen molar-refractivity contribution >= 4 is 5.82 Å². The molecule has 4 nitrogen and oxygen atoms in total. The molecule has 1 aromatic heterocycles. The average molecular weight is 190 g/mol. The first-order valence-electron chi connectivity index (χ1n) is 4.70. The average Bonchev–Trinajstić information content (AvgIpc) is 2.25. The SMILES string of the molecule is CCC(C)c1cc(NCC#N)ncn1. The highest BCUT2D eigenvalue weighted by molar-refractivity contribution is 5.36. The van der Waals surface area contributed by atoms with Gasteiger partial charge in [-0.15, -0.1) is 0 Å². The maximum atomic E-state index is 8.40. The van der Waals surface area contributed by atoms with Gasteiger partial charge >= 0.3 is 0 Å². The summed E-state index contributed by atoms with van der Waals surface area (Å²) in [5, 5.41) is 11.3. The lowest BCUT2D eigenvalue weighted by Gasteiger charge is -2.08. The van der Waals surface area contributed by atoms with Crippen LogP contribution in [0.3, 0.4) is 0 Å². The molecule has 0 fully saturated rings. The molecular weight excluding hydrogens is 176 g/mol. The van der Waals surface area contributed by atoms with E-state index in [-0.39, 0.29) is 6.54 Å². The first-order valence-corrected chi connectivity index (χ1v) is 4.70. The molecule has 1 N–H and O–H groups in total. The van der Waals surface area contributed by atoms with E-state index in [1.54, 1.807) is 0 Å². The zero-order valence-corrected chi connectivity index (χ0v) is 8.49. The Morgan fingerprint density at radius 2 is 2.36 bits per heavy atom. The van der Waals surface area contributed by atoms with Crippen molar-refractivity contribution in [3.63, 3.8) is 0 Å². The molecular formula is C10H14N4. The van der Waals surface area contributed by atoms with E-state index in [0.717, 1.165) is 17.9 Å². The van der Waals surface area contributed by atoms with Crippen molar-refractivity contribution < 1.29 is 0 Å². The van der Waals surface area contributed by atoms with Gasteiger partial charge in [-0.05, 0) is 12.3 Å². The number of hydrogen-bond acceptors (Lipinski definition) is 4. The second-order valence-electron chi connectivity index (χ2n) is 3.15. The van der Waals surface area contributed by atoms with E-state index in [0.29, 0.717) is 5.92 Å². The summed E-state index contributed by atoms with van der Waals surface area (Å²) in [6.07, 6.45) is 2.58. The summed E-state index contributed by atoms with van der Waals surface area (Å²) in [5.41, 5.74) is 1.02. The van der Waals surface area contributed by atoms with Crippen molar-refractivity contribution in [1.82, 2.24) is 9.97 Å². The number of nitrogens with zero attached hydrogens (tertiary/aromatic N) is 3. The zero-order valence-electron chi connectivity index (χ0n) is 8.49. The van der Waals surface area contributed by atoms with Crippen LogP contribution in [0.1, 0.15) is 31.9 Å². The van der Waals surface area contributed by atoms with Gasteiger partial charge in [0.15, 0.2) is 0 Å². The van der Waals surface area contributed by atoms with Crippen LogP contribution in [0.25, 0.3) is 0 Å². The lowest BCUT2D eigenvalue weighted by Crippen LogP contribution is -2.03. The minimum Gasteiger partial charge on any atom is -0.357 e. The van der Waals surface area contributed by atoms with E-state index in [1.165, 1.54) is 6.33 Å². The van der Waals surface area contributed by atoms with Gasteiger partial charge < -0.3 is 5.32 Å². The highest BCUT2D eigenvalue weighted by Gasteiger charge is 2.05. The fourth-order valence-electron chi connectivity index (χ4n) is 1.08. The Labute approximate surface area is 84.0 Å². The van der Waals surface area contributed by atoms with Gasteiger partial charge in [0.1, 0.15) is 18.7 Å². The Balaban J connectivity index is 2.74. The summed E-state index contributed by atoms with van der Waals surface area (Å²) in [6, 6.07) is 3.90. The monoisotopic (exact) mass is 190 g/mol. The Bertz CT molecular complexity index is 329. The topological polar surface area (TPSA) is 61.6 Å². The van der Waals surface area contributed by atoms with E-state index in [1.807, 2.05) is 12.1 Å². The van der Waals surface area contributed by atoms with E-state index in [9.17, 15) is 0 Å². The minimum absolute atomic E-state index is 0.275. The van der Waals surface area contributed by atoms with Crippen LogP contribution in [-0.2, 0) is 0 Å². The molecule has 0 radical (unpaired) electrons. The molecule has 1 atom stereocenters. The zero-order chi connectivity index (χ0) is 10.4. The predicted molar refractivity (Wildman–Crippen MR) is 54.8 cm³/mol. The lowest BCUT2D eigenvalue weighted by molar-refractivity contribution is 0.705. The number of nitrogens with one attached hydrogen (secondary N) is 1. The van der Waals surface area contributed by atoms with Crippen molar-refractivity contribution in [2.24, 2.45) is 0 Å². The Morgan fingerprint density at radius 3 is 3.00 bits per heavy atom. The molecule has 1 aromatic rings. The highest BCUT2D eigenvalue weighted by Crippen LogP contribution is 2.17. The van der Waals surface area contributed by atoms with Crippen LogP contribution >= 0.6 is 0 Å². The minimum atomic E-state index is 0.275. The molecule has 0 saturated carbocycles. The van der Waals surface area contributed by atoms with Gasteiger partial charge in [-0.1, -0.05) is 13.8 Å². The Morgan fingerprint density at radius 1 is 1.57 bits per heavy atom. The summed E-state index contributed by atoms with van der Waals surface area (Å²) < 4.78 is 0. The molecule has 4 heteroatoms. The van der Waals surface area contributed by atoms with Gasteiger partial charge in [0.25, 0.3) is 0 Å². The third-order valence-electron chi connectivity index (χ3n) is 2.15. The highest BCUT2D eigenvalue weighted by atomic mass is 15.0. The number of nitriles is 1. The standard InChI is InChI=1S/C10H14N4/c1-3-8(2)9-6-10(12-5-4-11)14-7-13-9/h6-8H,3,5H2,1-2H3,(H,12,13,14). The summed E-state index contributed by atoms with van der Waals surface area (Å²) in [6.45, 7) is 4.52. The van der Waals surface area contributed by atoms with E-state index in [4.69, 9.17) is 5.26 Å². The van der Waals surface area contributed by atoms with Crippen LogP contribution < -0.4 is 5.32 Å². The van der Waals surface area contributed by atoms with Crippen LogP contribution in [0.5, 0.6) is 0 Å². The number of anilines is 1. The molecule has 0 aliphatic heterocycles. The quantitative estimate of drug-likeness (QED) is 0.737. The maximum Gasteiger partial charge on any atom is 0.130 e. The summed E-state index contributed by atoms with van der Waals surface area (Å²) in [5.74, 6) is 1.15. The molecule has 14 heavy (non-hydrogen) atoms. The first-order chi connectivity index (χ1) is 6.77. The molecule has 74 valence electrons. The second kappa shape index (κ2) is 5.18. The molecule has 0 aliphatic carbocycles. The number of rotatable bonds is 4. The van der Waals surface area contributed by atoms with E-state index >= 15 is 0 Å². The predicted octanol–water partition coefficient (Wildman–Crippen LogP) is 1.93. The molecule has 0 amide bonds. The van der Waals surface area contributed by atoms with Crippen LogP contribution in [0.15, 0.2) is 12.4 Å². The van der Waals surface area contributed by atoms with Crippen LogP contribution in [0, 0.1) is 11.3 Å². The van der Waals surface area contributed by atoms with Crippen molar-refractivity contribution in [3.05, 3.63) is 18.1 Å². The normalized spacial score (nSPS) is 11.8. The van der Waals surface area contributed by atoms with Crippen molar-refractivity contribution in [1.29, 1.82) is 5.26 Å². The van der Waals surface area contributed by atoms with E-state index < -0.39 is 0 Å². The molecule has 0 saturated heterocycles. The van der Waals surface area contributed by atoms with Gasteiger partial charge in [0, 0.05) is 11.8 Å². The molecule has 0 bridgehead atoms. The van der Waals surface area contributed by atoms with Gasteiger partial charge in [0.05, 0.1) is 6.07 Å². The summed E-state index contributed by atoms with van der Waals surface area (Å²) in [4.78, 5) is 8.20. The fraction of sp³-hybridized carbons (Fsp3) is 0.500. The maximum absolute atomic E-state index is 8.40. The molecule has 1 heterocycles. The lowest BCUT2D eigenvalue weighted by atomic mass is 10.1. The fourth-order valence-corrected chi connectivity index (χ4v) is 1.08. The molecule has 1 rings (SSSR count). The van der Waals surface area contributed by atoms with Gasteiger partial charge in [-0.2, -0.15) is 5.26 Å². The summed E-state index contributed by atoms with van der Waals surface area (Å²) in [7, 11) is 0. The molecule has 1 unspecified atom stereocenters. The Hall–Kier alpha value is -1.63. The Kier molecular flexibility index (Phi) is 3.86. The van der Waals surface area contributed by atoms with Crippen molar-refractivity contribution in [2.45, 2.75) is 26.2 Å². The molecule has 0 spiro atoms.